The van der Waals surface area contributed by atoms with Crippen molar-refractivity contribution in [1.82, 2.24) is 9.88 Å². The highest BCUT2D eigenvalue weighted by atomic mass is 32.1. The summed E-state index contributed by atoms with van der Waals surface area (Å²) < 4.78 is 10.4. The molecule has 0 saturated carbocycles. The minimum Gasteiger partial charge on any atom is -0.444 e. The summed E-state index contributed by atoms with van der Waals surface area (Å²) in [6, 6.07) is 0. The van der Waals surface area contributed by atoms with Gasteiger partial charge in [-0.15, -0.1) is 0 Å². The maximum atomic E-state index is 12.2. The number of ketones is 1. The molecule has 1 aromatic heterocycles. The lowest BCUT2D eigenvalue weighted by atomic mass is 10.2. The van der Waals surface area contributed by atoms with Crippen LogP contribution in [0.2, 0.25) is 0 Å². The van der Waals surface area contributed by atoms with Crippen LogP contribution in [0.5, 0.6) is 0 Å². The fraction of sp³-hybridized carbons (Fsp3) is 0.643. The van der Waals surface area contributed by atoms with E-state index in [4.69, 9.17) is 9.47 Å². The Kier molecular flexibility index (Phi) is 5.49. The Morgan fingerprint density at radius 3 is 2.73 bits per heavy atom. The highest BCUT2D eigenvalue weighted by molar-refractivity contribution is 7.17. The number of anilines is 1. The molecule has 1 aliphatic heterocycles. The monoisotopic (exact) mass is 327 g/mol. The minimum atomic E-state index is -0.575. The van der Waals surface area contributed by atoms with Gasteiger partial charge in [0.15, 0.2) is 10.9 Å². The standard InChI is InChI=1S/C14H21N3O4S/c1-14(2,3)21-13(19)16-12-15-8-11(22-12)10(18)9-17-4-6-20-7-5-17/h8H,4-7,9H2,1-3H3,(H,15,16,19). The Hall–Kier alpha value is -1.51. The van der Waals surface area contributed by atoms with Crippen molar-refractivity contribution in [2.24, 2.45) is 0 Å². The van der Waals surface area contributed by atoms with E-state index in [1.54, 1.807) is 20.8 Å². The lowest BCUT2D eigenvalue weighted by molar-refractivity contribution is 0.0372. The maximum Gasteiger partial charge on any atom is 0.413 e. The quantitative estimate of drug-likeness (QED) is 0.852. The zero-order valence-electron chi connectivity index (χ0n) is 13.0. The molecule has 8 heteroatoms. The number of Topliss-reactive ketones (excluding diaryl/α,β-unsaturated/α-hetero) is 1. The van der Waals surface area contributed by atoms with Crippen molar-refractivity contribution in [3.8, 4) is 0 Å². The van der Waals surface area contributed by atoms with Crippen LogP contribution < -0.4 is 5.32 Å². The molecule has 0 atom stereocenters. The number of carbonyl (C=O) groups excluding carboxylic acids is 2. The van der Waals surface area contributed by atoms with Crippen LogP contribution in [0.15, 0.2) is 6.20 Å². The molecule has 122 valence electrons. The van der Waals surface area contributed by atoms with Crippen molar-refractivity contribution in [2.75, 3.05) is 38.2 Å². The molecule has 0 spiro atoms. The summed E-state index contributed by atoms with van der Waals surface area (Å²) in [7, 11) is 0. The van der Waals surface area contributed by atoms with Crippen molar-refractivity contribution in [3.63, 3.8) is 0 Å². The lowest BCUT2D eigenvalue weighted by Crippen LogP contribution is -2.39. The average molecular weight is 327 g/mol. The van der Waals surface area contributed by atoms with E-state index in [-0.39, 0.29) is 5.78 Å². The topological polar surface area (TPSA) is 80.8 Å². The zero-order valence-corrected chi connectivity index (χ0v) is 13.9. The van der Waals surface area contributed by atoms with Crippen LogP contribution in [-0.4, -0.2) is 60.2 Å². The number of hydrogen-bond donors (Lipinski definition) is 1. The van der Waals surface area contributed by atoms with Crippen molar-refractivity contribution >= 4 is 28.3 Å². The van der Waals surface area contributed by atoms with Crippen molar-refractivity contribution in [3.05, 3.63) is 11.1 Å². The van der Waals surface area contributed by atoms with Gasteiger partial charge in [-0.1, -0.05) is 11.3 Å². The first-order chi connectivity index (χ1) is 10.3. The van der Waals surface area contributed by atoms with E-state index in [1.807, 2.05) is 4.90 Å². The predicted molar refractivity (Wildman–Crippen MR) is 83.6 cm³/mol. The molecule has 1 aromatic rings. The predicted octanol–water partition coefficient (Wildman–Crippen LogP) is 2.00. The third-order valence-electron chi connectivity index (χ3n) is 2.86. The van der Waals surface area contributed by atoms with Gasteiger partial charge in [-0.3, -0.25) is 15.0 Å². The minimum absolute atomic E-state index is 0.00311. The Morgan fingerprint density at radius 2 is 2.09 bits per heavy atom. The summed E-state index contributed by atoms with van der Waals surface area (Å²) >= 11 is 1.15. The largest absolute Gasteiger partial charge is 0.444 e. The number of morpholine rings is 1. The van der Waals surface area contributed by atoms with Crippen LogP contribution in [0, 0.1) is 0 Å². The van der Waals surface area contributed by atoms with Gasteiger partial charge in [-0.05, 0) is 20.8 Å². The van der Waals surface area contributed by atoms with Gasteiger partial charge in [0, 0.05) is 13.1 Å². The third-order valence-corrected chi connectivity index (χ3v) is 3.81. The Labute approximate surface area is 133 Å². The number of hydrogen-bond acceptors (Lipinski definition) is 7. The zero-order chi connectivity index (χ0) is 16.2. The molecule has 1 amide bonds. The molecule has 1 N–H and O–H groups in total. The molecule has 7 nitrogen and oxygen atoms in total. The van der Waals surface area contributed by atoms with Crippen LogP contribution in [0.3, 0.4) is 0 Å². The molecule has 22 heavy (non-hydrogen) atoms. The second-order valence-corrected chi connectivity index (χ2v) is 7.00. The molecular weight excluding hydrogens is 306 g/mol. The smallest absolute Gasteiger partial charge is 0.413 e. The fourth-order valence-electron chi connectivity index (χ4n) is 1.89. The molecule has 1 saturated heterocycles. The number of carbonyl (C=O) groups is 2. The third kappa shape index (κ3) is 5.36. The number of aromatic nitrogens is 1. The second-order valence-electron chi connectivity index (χ2n) is 5.97. The Morgan fingerprint density at radius 1 is 1.41 bits per heavy atom. The van der Waals surface area contributed by atoms with Gasteiger partial charge in [0.2, 0.25) is 0 Å². The van der Waals surface area contributed by atoms with Gasteiger partial charge in [-0.2, -0.15) is 0 Å². The van der Waals surface area contributed by atoms with E-state index in [9.17, 15) is 9.59 Å². The van der Waals surface area contributed by atoms with E-state index in [1.165, 1.54) is 6.20 Å². The molecule has 1 aliphatic rings. The highest BCUT2D eigenvalue weighted by Crippen LogP contribution is 2.20. The van der Waals surface area contributed by atoms with Crippen molar-refractivity contribution in [1.29, 1.82) is 0 Å². The molecule has 2 rings (SSSR count). The average Bonchev–Trinajstić information content (AvgIpc) is 2.86. The molecule has 1 fully saturated rings. The number of amides is 1. The van der Waals surface area contributed by atoms with E-state index < -0.39 is 11.7 Å². The van der Waals surface area contributed by atoms with Crippen LogP contribution in [0.4, 0.5) is 9.93 Å². The summed E-state index contributed by atoms with van der Waals surface area (Å²) in [5, 5.41) is 2.90. The van der Waals surface area contributed by atoms with Gasteiger partial charge in [0.1, 0.15) is 5.60 Å². The van der Waals surface area contributed by atoms with Crippen LogP contribution in [-0.2, 0) is 9.47 Å². The van der Waals surface area contributed by atoms with E-state index in [0.717, 1.165) is 24.4 Å². The van der Waals surface area contributed by atoms with Gasteiger partial charge >= 0.3 is 6.09 Å². The van der Waals surface area contributed by atoms with E-state index in [0.29, 0.717) is 29.8 Å². The molecular formula is C14H21N3O4S. The molecule has 0 unspecified atom stereocenters. The van der Waals surface area contributed by atoms with Gasteiger partial charge in [0.05, 0.1) is 30.8 Å². The highest BCUT2D eigenvalue weighted by Gasteiger charge is 2.20. The Balaban J connectivity index is 1.87. The Bertz CT molecular complexity index is 532. The number of rotatable bonds is 4. The number of nitrogens with one attached hydrogen (secondary N) is 1. The summed E-state index contributed by atoms with van der Waals surface area (Å²) in [6.45, 7) is 8.52. The first-order valence-corrected chi connectivity index (χ1v) is 7.94. The molecule has 0 aromatic carbocycles. The first kappa shape index (κ1) is 16.9. The van der Waals surface area contributed by atoms with Crippen LogP contribution in [0.1, 0.15) is 30.4 Å². The molecule has 0 bridgehead atoms. The summed E-state index contributed by atoms with van der Waals surface area (Å²) in [4.78, 5) is 30.5. The fourth-order valence-corrected chi connectivity index (χ4v) is 2.62. The van der Waals surface area contributed by atoms with Gasteiger partial charge in [0.25, 0.3) is 0 Å². The van der Waals surface area contributed by atoms with E-state index in [2.05, 4.69) is 10.3 Å². The molecule has 2 heterocycles. The molecule has 0 radical (unpaired) electrons. The lowest BCUT2D eigenvalue weighted by Gasteiger charge is -2.25. The number of ether oxygens (including phenoxy) is 2. The summed E-state index contributed by atoms with van der Waals surface area (Å²) in [6.07, 6.45) is 0.911. The van der Waals surface area contributed by atoms with E-state index >= 15 is 0 Å². The first-order valence-electron chi connectivity index (χ1n) is 7.12. The van der Waals surface area contributed by atoms with Crippen molar-refractivity contribution < 1.29 is 19.1 Å². The maximum absolute atomic E-state index is 12.2. The number of thiazole rings is 1. The van der Waals surface area contributed by atoms with Gasteiger partial charge in [-0.25, -0.2) is 9.78 Å². The SMILES string of the molecule is CC(C)(C)OC(=O)Nc1ncc(C(=O)CN2CCOCC2)s1. The molecule has 0 aliphatic carbocycles. The van der Waals surface area contributed by atoms with Gasteiger partial charge < -0.3 is 9.47 Å². The van der Waals surface area contributed by atoms with Crippen LogP contribution in [0.25, 0.3) is 0 Å². The summed E-state index contributed by atoms with van der Waals surface area (Å²) in [5.74, 6) is -0.00311. The normalized spacial score (nSPS) is 16.3. The van der Waals surface area contributed by atoms with Crippen molar-refractivity contribution in [2.45, 2.75) is 26.4 Å². The van der Waals surface area contributed by atoms with Crippen LogP contribution >= 0.6 is 11.3 Å². The number of nitrogens with zero attached hydrogens (tertiary/aromatic N) is 2. The summed E-state index contributed by atoms with van der Waals surface area (Å²) in [5.41, 5.74) is -0.573. The second kappa shape index (κ2) is 7.17.